The van der Waals surface area contributed by atoms with E-state index in [1.807, 2.05) is 31.8 Å². The van der Waals surface area contributed by atoms with Crippen molar-refractivity contribution in [3.05, 3.63) is 29.5 Å². The summed E-state index contributed by atoms with van der Waals surface area (Å²) in [5.74, 6) is -0.324. The molecule has 6 nitrogen and oxygen atoms in total. The molecule has 124 valence electrons. The number of nitrogens with one attached hydrogen (secondary N) is 1. The SMILES string of the molecule is CCOC(=O)c1c(C[NH+](C)C)n(C)c2ccc(OC(C)=O)cc12. The maximum absolute atomic E-state index is 12.5. The largest absolute Gasteiger partial charge is 0.462 e. The van der Waals surface area contributed by atoms with E-state index in [0.717, 1.165) is 16.6 Å². The summed E-state index contributed by atoms with van der Waals surface area (Å²) in [5.41, 5.74) is 2.35. The summed E-state index contributed by atoms with van der Waals surface area (Å²) in [5, 5.41) is 0.737. The lowest BCUT2D eigenvalue weighted by Gasteiger charge is -2.10. The number of esters is 2. The molecule has 6 heteroatoms. The lowest BCUT2D eigenvalue weighted by molar-refractivity contribution is -0.873. The molecule has 0 fully saturated rings. The van der Waals surface area contributed by atoms with Crippen LogP contribution in [0, 0.1) is 0 Å². The molecule has 0 aliphatic rings. The number of benzene rings is 1. The van der Waals surface area contributed by atoms with Crippen molar-refractivity contribution >= 4 is 22.8 Å². The van der Waals surface area contributed by atoms with Crippen LogP contribution >= 0.6 is 0 Å². The van der Waals surface area contributed by atoms with Gasteiger partial charge in [-0.05, 0) is 25.1 Å². The van der Waals surface area contributed by atoms with Crippen LogP contribution in [0.5, 0.6) is 5.75 Å². The predicted molar refractivity (Wildman–Crippen MR) is 86.7 cm³/mol. The summed E-state index contributed by atoms with van der Waals surface area (Å²) in [6.45, 7) is 4.13. The predicted octanol–water partition coefficient (Wildman–Crippen LogP) is 0.925. The van der Waals surface area contributed by atoms with Crippen LogP contribution < -0.4 is 9.64 Å². The molecule has 0 unspecified atom stereocenters. The third-order valence-corrected chi connectivity index (χ3v) is 3.55. The number of carbonyl (C=O) groups is 2. The topological polar surface area (TPSA) is 62.0 Å². The molecular formula is C17H23N2O4+. The molecule has 1 N–H and O–H groups in total. The minimum absolute atomic E-state index is 0.313. The molecule has 1 heterocycles. The summed E-state index contributed by atoms with van der Waals surface area (Å²) in [6.07, 6.45) is 0. The summed E-state index contributed by atoms with van der Waals surface area (Å²) >= 11 is 0. The van der Waals surface area contributed by atoms with Gasteiger partial charge in [0.2, 0.25) is 0 Å². The Balaban J connectivity index is 2.67. The molecule has 2 aromatic rings. The second-order valence-electron chi connectivity index (χ2n) is 5.76. The van der Waals surface area contributed by atoms with E-state index in [2.05, 4.69) is 0 Å². The first-order chi connectivity index (χ1) is 10.8. The number of ether oxygens (including phenoxy) is 2. The normalized spacial score (nSPS) is 11.0. The molecule has 0 radical (unpaired) electrons. The fourth-order valence-electron chi connectivity index (χ4n) is 2.68. The van der Waals surface area contributed by atoms with Gasteiger partial charge in [-0.15, -0.1) is 0 Å². The van der Waals surface area contributed by atoms with Gasteiger partial charge in [0, 0.05) is 24.9 Å². The first-order valence-electron chi connectivity index (χ1n) is 7.61. The quantitative estimate of drug-likeness (QED) is 0.658. The van der Waals surface area contributed by atoms with Crippen LogP contribution in [-0.2, 0) is 23.1 Å². The van der Waals surface area contributed by atoms with Gasteiger partial charge in [-0.25, -0.2) is 4.79 Å². The lowest BCUT2D eigenvalue weighted by atomic mass is 10.1. The highest BCUT2D eigenvalue weighted by Gasteiger charge is 2.24. The van der Waals surface area contributed by atoms with E-state index in [4.69, 9.17) is 9.47 Å². The van der Waals surface area contributed by atoms with Crippen LogP contribution in [0.1, 0.15) is 29.9 Å². The number of quaternary nitrogens is 1. The summed E-state index contributed by atoms with van der Waals surface area (Å²) in [6, 6.07) is 5.30. The Bertz CT molecular complexity index is 747. The molecule has 1 aromatic heterocycles. The monoisotopic (exact) mass is 319 g/mol. The van der Waals surface area contributed by atoms with E-state index < -0.39 is 5.97 Å². The van der Waals surface area contributed by atoms with E-state index in [0.29, 0.717) is 24.5 Å². The van der Waals surface area contributed by atoms with Crippen molar-refractivity contribution in [2.45, 2.75) is 20.4 Å². The third kappa shape index (κ3) is 3.53. The molecule has 0 saturated heterocycles. The lowest BCUT2D eigenvalue weighted by Crippen LogP contribution is -3.04. The van der Waals surface area contributed by atoms with Crippen molar-refractivity contribution in [1.82, 2.24) is 4.57 Å². The van der Waals surface area contributed by atoms with Gasteiger partial charge in [-0.3, -0.25) is 4.79 Å². The fourth-order valence-corrected chi connectivity index (χ4v) is 2.68. The smallest absolute Gasteiger partial charge is 0.340 e. The average Bonchev–Trinajstić information content (AvgIpc) is 2.70. The molecule has 0 aliphatic carbocycles. The Morgan fingerprint density at radius 2 is 1.96 bits per heavy atom. The van der Waals surface area contributed by atoms with Crippen molar-refractivity contribution < 1.29 is 24.0 Å². The Labute approximate surface area is 135 Å². The van der Waals surface area contributed by atoms with Crippen LogP contribution in [0.4, 0.5) is 0 Å². The minimum Gasteiger partial charge on any atom is -0.462 e. The van der Waals surface area contributed by atoms with Crippen LogP contribution in [-0.4, -0.2) is 37.2 Å². The molecule has 23 heavy (non-hydrogen) atoms. The van der Waals surface area contributed by atoms with Crippen molar-refractivity contribution in [2.24, 2.45) is 7.05 Å². The van der Waals surface area contributed by atoms with E-state index in [1.54, 1.807) is 19.1 Å². The zero-order valence-electron chi connectivity index (χ0n) is 14.2. The molecule has 0 bridgehead atoms. The molecule has 0 aliphatic heterocycles. The van der Waals surface area contributed by atoms with E-state index in [1.165, 1.54) is 11.8 Å². The summed E-state index contributed by atoms with van der Waals surface area (Å²) < 4.78 is 12.4. The van der Waals surface area contributed by atoms with Crippen molar-refractivity contribution in [2.75, 3.05) is 20.7 Å². The van der Waals surface area contributed by atoms with Crippen molar-refractivity contribution in [3.63, 3.8) is 0 Å². The van der Waals surface area contributed by atoms with Gasteiger partial charge < -0.3 is 18.9 Å². The van der Waals surface area contributed by atoms with Crippen LogP contribution in [0.2, 0.25) is 0 Å². The van der Waals surface area contributed by atoms with Crippen molar-refractivity contribution in [1.29, 1.82) is 0 Å². The Hall–Kier alpha value is -2.34. The van der Waals surface area contributed by atoms with Gasteiger partial charge in [0.25, 0.3) is 0 Å². The maximum atomic E-state index is 12.5. The standard InChI is InChI=1S/C17H22N2O4/c1-6-22-17(21)16-13-9-12(23-11(2)20)7-8-14(13)19(5)15(16)10-18(3)4/h7-9H,6,10H2,1-5H3/p+1. The van der Waals surface area contributed by atoms with Crippen LogP contribution in [0.3, 0.4) is 0 Å². The zero-order chi connectivity index (χ0) is 17.1. The van der Waals surface area contributed by atoms with E-state index in [9.17, 15) is 9.59 Å². The van der Waals surface area contributed by atoms with Gasteiger partial charge in [0.15, 0.2) is 0 Å². The van der Waals surface area contributed by atoms with E-state index >= 15 is 0 Å². The average molecular weight is 319 g/mol. The molecular weight excluding hydrogens is 296 g/mol. The Morgan fingerprint density at radius 3 is 2.52 bits per heavy atom. The van der Waals surface area contributed by atoms with Gasteiger partial charge in [0.1, 0.15) is 12.3 Å². The van der Waals surface area contributed by atoms with Gasteiger partial charge >= 0.3 is 11.9 Å². The second-order valence-corrected chi connectivity index (χ2v) is 5.76. The highest BCUT2D eigenvalue weighted by molar-refractivity contribution is 6.06. The Kier molecular flexibility index (Phi) is 5.05. The van der Waals surface area contributed by atoms with Gasteiger partial charge in [0.05, 0.1) is 32.0 Å². The molecule has 0 saturated carbocycles. The van der Waals surface area contributed by atoms with Gasteiger partial charge in [-0.2, -0.15) is 0 Å². The highest BCUT2D eigenvalue weighted by atomic mass is 16.5. The number of aryl methyl sites for hydroxylation is 1. The first kappa shape index (κ1) is 17.0. The molecule has 0 amide bonds. The zero-order valence-corrected chi connectivity index (χ0v) is 14.2. The summed E-state index contributed by atoms with van der Waals surface area (Å²) in [7, 11) is 5.97. The number of nitrogens with zero attached hydrogens (tertiary/aromatic N) is 1. The number of aromatic nitrogens is 1. The fraction of sp³-hybridized carbons (Fsp3) is 0.412. The summed E-state index contributed by atoms with van der Waals surface area (Å²) in [4.78, 5) is 24.8. The minimum atomic E-state index is -0.393. The molecule has 0 atom stereocenters. The second kappa shape index (κ2) is 6.83. The number of carbonyl (C=O) groups excluding carboxylic acids is 2. The van der Waals surface area contributed by atoms with E-state index in [-0.39, 0.29) is 5.97 Å². The first-order valence-corrected chi connectivity index (χ1v) is 7.61. The molecule has 1 aromatic carbocycles. The Morgan fingerprint density at radius 1 is 1.26 bits per heavy atom. The number of fused-ring (bicyclic) bond motifs is 1. The van der Waals surface area contributed by atoms with Gasteiger partial charge in [-0.1, -0.05) is 0 Å². The number of rotatable bonds is 5. The van der Waals surface area contributed by atoms with Crippen LogP contribution in [0.15, 0.2) is 18.2 Å². The van der Waals surface area contributed by atoms with Crippen molar-refractivity contribution in [3.8, 4) is 5.75 Å². The molecule has 0 spiro atoms. The maximum Gasteiger partial charge on any atom is 0.340 e. The third-order valence-electron chi connectivity index (χ3n) is 3.55. The number of hydrogen-bond acceptors (Lipinski definition) is 4. The highest BCUT2D eigenvalue weighted by Crippen LogP contribution is 2.29. The molecule has 2 rings (SSSR count). The number of hydrogen-bond donors (Lipinski definition) is 1. The van der Waals surface area contributed by atoms with Crippen LogP contribution in [0.25, 0.3) is 10.9 Å².